The van der Waals surface area contributed by atoms with Crippen molar-refractivity contribution >= 4 is 44.6 Å². The molecule has 0 aromatic heterocycles. The van der Waals surface area contributed by atoms with E-state index in [4.69, 9.17) is 16.3 Å². The summed E-state index contributed by atoms with van der Waals surface area (Å²) in [4.78, 5) is 17.3. The maximum Gasteiger partial charge on any atom is 0.243 e. The molecule has 214 valence electrons. The van der Waals surface area contributed by atoms with Crippen molar-refractivity contribution in [2.24, 2.45) is 5.41 Å². The summed E-state index contributed by atoms with van der Waals surface area (Å²) in [7, 11) is -2.31. The predicted molar refractivity (Wildman–Crippen MR) is 162 cm³/mol. The van der Waals surface area contributed by atoms with E-state index >= 15 is 0 Å². The lowest BCUT2D eigenvalue weighted by Crippen LogP contribution is -2.47. The number of amides is 1. The zero-order valence-electron chi connectivity index (χ0n) is 23.4. The van der Waals surface area contributed by atoms with Gasteiger partial charge in [0.25, 0.3) is 0 Å². The summed E-state index contributed by atoms with van der Waals surface area (Å²) in [6, 6.07) is 21.9. The Morgan fingerprint density at radius 2 is 1.60 bits per heavy atom. The van der Waals surface area contributed by atoms with E-state index in [1.54, 1.807) is 33.1 Å². The molecule has 1 amide bonds. The van der Waals surface area contributed by atoms with Crippen molar-refractivity contribution in [3.63, 3.8) is 0 Å². The number of piperazine rings is 1. The summed E-state index contributed by atoms with van der Waals surface area (Å²) in [5.41, 5.74) is 2.13. The highest BCUT2D eigenvalue weighted by Crippen LogP contribution is 2.32. The standard InChI is InChI=1S/C30H37ClN4O4S/c1-22(23-8-6-5-7-9-23)33-40(37,38)28-20-24(32-29(36)30(2,3)21-31)10-15-27(28)35-18-16-34(17-19-35)25-11-13-26(39-4)14-12-25/h5-15,20,22,33H,16-19,21H2,1-4H3,(H,32,36). The number of alkyl halides is 1. The lowest BCUT2D eigenvalue weighted by atomic mass is 9.95. The number of nitrogens with zero attached hydrogens (tertiary/aromatic N) is 2. The van der Waals surface area contributed by atoms with Crippen LogP contribution in [0.15, 0.2) is 77.7 Å². The number of halogens is 1. The Labute approximate surface area is 242 Å². The molecule has 1 heterocycles. The Balaban J connectivity index is 1.61. The molecule has 0 spiro atoms. The normalized spacial score (nSPS) is 15.0. The quantitative estimate of drug-likeness (QED) is 0.316. The Bertz CT molecular complexity index is 1410. The summed E-state index contributed by atoms with van der Waals surface area (Å²) >= 11 is 5.99. The second-order valence-corrected chi connectivity index (χ2v) is 12.5. The van der Waals surface area contributed by atoms with Crippen molar-refractivity contribution in [3.05, 3.63) is 78.4 Å². The maximum absolute atomic E-state index is 13.8. The number of carbonyl (C=O) groups excluding carboxylic acids is 1. The third-order valence-electron chi connectivity index (χ3n) is 7.15. The van der Waals surface area contributed by atoms with Crippen LogP contribution in [-0.4, -0.2) is 53.5 Å². The molecule has 3 aromatic carbocycles. The topological polar surface area (TPSA) is 91.0 Å². The van der Waals surface area contributed by atoms with Gasteiger partial charge in [0.1, 0.15) is 10.6 Å². The van der Waals surface area contributed by atoms with Crippen LogP contribution in [-0.2, 0) is 14.8 Å². The summed E-state index contributed by atoms with van der Waals surface area (Å²) in [6.45, 7) is 8.01. The zero-order chi connectivity index (χ0) is 28.9. The molecule has 0 radical (unpaired) electrons. The summed E-state index contributed by atoms with van der Waals surface area (Å²) in [6.07, 6.45) is 0. The molecule has 1 aliphatic rings. The first-order valence-electron chi connectivity index (χ1n) is 13.3. The van der Waals surface area contributed by atoms with Crippen LogP contribution in [0.2, 0.25) is 0 Å². The molecule has 3 aromatic rings. The number of methoxy groups -OCH3 is 1. The van der Waals surface area contributed by atoms with E-state index in [0.717, 1.165) is 30.1 Å². The van der Waals surface area contributed by atoms with Crippen molar-refractivity contribution in [3.8, 4) is 5.75 Å². The van der Waals surface area contributed by atoms with E-state index < -0.39 is 21.5 Å². The largest absolute Gasteiger partial charge is 0.497 e. The van der Waals surface area contributed by atoms with Crippen LogP contribution in [0.3, 0.4) is 0 Å². The lowest BCUT2D eigenvalue weighted by molar-refractivity contribution is -0.122. The minimum absolute atomic E-state index is 0.120. The van der Waals surface area contributed by atoms with Gasteiger partial charge in [0, 0.05) is 49.5 Å². The average molecular weight is 585 g/mol. The van der Waals surface area contributed by atoms with Gasteiger partial charge in [-0.3, -0.25) is 4.79 Å². The fourth-order valence-electron chi connectivity index (χ4n) is 4.53. The van der Waals surface area contributed by atoms with Crippen molar-refractivity contribution in [1.82, 2.24) is 4.72 Å². The summed E-state index contributed by atoms with van der Waals surface area (Å²) in [5.74, 6) is 0.657. The van der Waals surface area contributed by atoms with Crippen LogP contribution < -0.4 is 24.6 Å². The first kappa shape index (κ1) is 29.7. The van der Waals surface area contributed by atoms with Gasteiger partial charge in [-0.25, -0.2) is 13.1 Å². The summed E-state index contributed by atoms with van der Waals surface area (Å²) in [5, 5.41) is 2.85. The van der Waals surface area contributed by atoms with E-state index in [1.807, 2.05) is 61.5 Å². The van der Waals surface area contributed by atoms with Crippen molar-refractivity contribution < 1.29 is 17.9 Å². The minimum atomic E-state index is -3.96. The number of ether oxygens (including phenoxy) is 1. The van der Waals surface area contributed by atoms with Crippen LogP contribution in [0.4, 0.5) is 17.1 Å². The molecule has 0 bridgehead atoms. The Morgan fingerprint density at radius 1 is 0.975 bits per heavy atom. The Kier molecular flexibility index (Phi) is 9.28. The number of nitrogens with one attached hydrogen (secondary N) is 2. The summed E-state index contributed by atoms with van der Waals surface area (Å²) < 4.78 is 35.7. The number of benzene rings is 3. The maximum atomic E-state index is 13.8. The Hall–Kier alpha value is -3.27. The van der Waals surface area contributed by atoms with Gasteiger partial charge >= 0.3 is 0 Å². The first-order chi connectivity index (χ1) is 19.0. The van der Waals surface area contributed by atoms with E-state index in [9.17, 15) is 13.2 Å². The molecule has 4 rings (SSSR count). The molecule has 1 aliphatic heterocycles. The van der Waals surface area contributed by atoms with Crippen molar-refractivity contribution in [1.29, 1.82) is 0 Å². The second kappa shape index (κ2) is 12.5. The molecule has 8 nitrogen and oxygen atoms in total. The fourth-order valence-corrected chi connectivity index (χ4v) is 6.14. The fraction of sp³-hybridized carbons (Fsp3) is 0.367. The van der Waals surface area contributed by atoms with Crippen LogP contribution in [0.5, 0.6) is 5.75 Å². The number of sulfonamides is 1. The molecule has 0 aliphatic carbocycles. The monoisotopic (exact) mass is 584 g/mol. The third kappa shape index (κ3) is 6.89. The lowest BCUT2D eigenvalue weighted by Gasteiger charge is -2.38. The third-order valence-corrected chi connectivity index (χ3v) is 9.38. The van der Waals surface area contributed by atoms with E-state index in [0.29, 0.717) is 24.5 Å². The van der Waals surface area contributed by atoms with Gasteiger partial charge in [-0.15, -0.1) is 11.6 Å². The van der Waals surface area contributed by atoms with E-state index in [2.05, 4.69) is 19.8 Å². The molecule has 0 saturated carbocycles. The molecule has 1 saturated heterocycles. The zero-order valence-corrected chi connectivity index (χ0v) is 24.9. The number of carbonyl (C=O) groups is 1. The van der Waals surface area contributed by atoms with Gasteiger partial charge in [-0.05, 0) is 68.8 Å². The van der Waals surface area contributed by atoms with Gasteiger partial charge in [0.15, 0.2) is 0 Å². The molecule has 1 atom stereocenters. The Morgan fingerprint density at radius 3 is 2.20 bits per heavy atom. The SMILES string of the molecule is COc1ccc(N2CCN(c3ccc(NC(=O)C(C)(C)CCl)cc3S(=O)(=O)NC(C)c3ccccc3)CC2)cc1. The van der Waals surface area contributed by atoms with Gasteiger partial charge in [0.2, 0.25) is 15.9 Å². The molecule has 40 heavy (non-hydrogen) atoms. The number of hydrogen-bond acceptors (Lipinski definition) is 6. The number of hydrogen-bond donors (Lipinski definition) is 2. The molecule has 10 heteroatoms. The van der Waals surface area contributed by atoms with Crippen molar-refractivity contribution in [2.75, 3.05) is 54.3 Å². The van der Waals surface area contributed by atoms with Gasteiger partial charge in [-0.1, -0.05) is 30.3 Å². The van der Waals surface area contributed by atoms with E-state index in [1.165, 1.54) is 6.07 Å². The van der Waals surface area contributed by atoms with Gasteiger partial charge in [0.05, 0.1) is 18.2 Å². The number of anilines is 3. The molecule has 2 N–H and O–H groups in total. The molecular weight excluding hydrogens is 548 g/mol. The number of rotatable bonds is 10. The first-order valence-corrected chi connectivity index (χ1v) is 15.3. The minimum Gasteiger partial charge on any atom is -0.497 e. The average Bonchev–Trinajstić information content (AvgIpc) is 2.97. The van der Waals surface area contributed by atoms with E-state index in [-0.39, 0.29) is 16.7 Å². The highest BCUT2D eigenvalue weighted by Gasteiger charge is 2.30. The van der Waals surface area contributed by atoms with Gasteiger partial charge < -0.3 is 19.9 Å². The highest BCUT2D eigenvalue weighted by molar-refractivity contribution is 7.89. The van der Waals surface area contributed by atoms with Crippen LogP contribution >= 0.6 is 11.6 Å². The van der Waals surface area contributed by atoms with Crippen LogP contribution in [0.25, 0.3) is 0 Å². The van der Waals surface area contributed by atoms with Crippen LogP contribution in [0.1, 0.15) is 32.4 Å². The molecular formula is C30H37ClN4O4S. The van der Waals surface area contributed by atoms with Gasteiger partial charge in [-0.2, -0.15) is 0 Å². The molecule has 1 fully saturated rings. The smallest absolute Gasteiger partial charge is 0.243 e. The molecule has 1 unspecified atom stereocenters. The van der Waals surface area contributed by atoms with Crippen molar-refractivity contribution in [2.45, 2.75) is 31.7 Å². The second-order valence-electron chi connectivity index (χ2n) is 10.6. The van der Waals surface area contributed by atoms with Crippen LogP contribution in [0, 0.1) is 5.41 Å². The predicted octanol–water partition coefficient (Wildman–Crippen LogP) is 5.26. The highest BCUT2D eigenvalue weighted by atomic mass is 35.5.